The van der Waals surface area contributed by atoms with Crippen LogP contribution in [0.5, 0.6) is 5.75 Å². The highest BCUT2D eigenvalue weighted by molar-refractivity contribution is 5.77. The van der Waals surface area contributed by atoms with Gasteiger partial charge in [0.25, 0.3) is 5.91 Å². The zero-order valence-electron chi connectivity index (χ0n) is 11.8. The molecule has 1 fully saturated rings. The lowest BCUT2D eigenvalue weighted by Gasteiger charge is -2.26. The van der Waals surface area contributed by atoms with Crippen molar-refractivity contribution < 1.29 is 13.9 Å². The topological polar surface area (TPSA) is 55.6 Å². The maximum absolute atomic E-state index is 13.8. The van der Waals surface area contributed by atoms with Gasteiger partial charge in [0.2, 0.25) is 0 Å². The molecule has 1 saturated heterocycles. The quantitative estimate of drug-likeness (QED) is 0.920. The Bertz CT molecular complexity index is 471. The molecule has 1 amide bonds. The molecule has 1 heterocycles. The fraction of sp³-hybridized carbons (Fsp3) is 0.533. The molecule has 2 rings (SSSR count). The Morgan fingerprint density at radius 3 is 2.70 bits per heavy atom. The van der Waals surface area contributed by atoms with Gasteiger partial charge in [0.1, 0.15) is 0 Å². The standard InChI is InChI=1S/C15H21FN2O2/c1-11(17)12-5-6-14(13(16)9-12)20-10-15(19)18-7-3-2-4-8-18/h5-6,9,11H,2-4,7-8,10,17H2,1H3/t11-/m0/s1. The van der Waals surface area contributed by atoms with E-state index in [2.05, 4.69) is 0 Å². The highest BCUT2D eigenvalue weighted by Crippen LogP contribution is 2.21. The predicted molar refractivity (Wildman–Crippen MR) is 74.9 cm³/mol. The SMILES string of the molecule is C[C@H](N)c1ccc(OCC(=O)N2CCCCC2)c(F)c1. The van der Waals surface area contributed by atoms with Crippen molar-refractivity contribution in [1.82, 2.24) is 4.90 Å². The number of piperidine rings is 1. The highest BCUT2D eigenvalue weighted by Gasteiger charge is 2.17. The lowest BCUT2D eigenvalue weighted by molar-refractivity contribution is -0.134. The molecule has 0 radical (unpaired) electrons. The molecule has 20 heavy (non-hydrogen) atoms. The maximum atomic E-state index is 13.8. The van der Waals surface area contributed by atoms with Gasteiger partial charge in [-0.25, -0.2) is 4.39 Å². The minimum atomic E-state index is -0.480. The molecule has 110 valence electrons. The molecular weight excluding hydrogens is 259 g/mol. The van der Waals surface area contributed by atoms with Crippen LogP contribution in [-0.4, -0.2) is 30.5 Å². The Balaban J connectivity index is 1.91. The van der Waals surface area contributed by atoms with E-state index in [0.717, 1.165) is 32.4 Å². The summed E-state index contributed by atoms with van der Waals surface area (Å²) in [5.41, 5.74) is 6.39. The molecule has 1 aromatic carbocycles. The third-order valence-electron chi connectivity index (χ3n) is 3.54. The van der Waals surface area contributed by atoms with Crippen molar-refractivity contribution in [3.05, 3.63) is 29.6 Å². The van der Waals surface area contributed by atoms with E-state index in [-0.39, 0.29) is 24.3 Å². The summed E-state index contributed by atoms with van der Waals surface area (Å²) < 4.78 is 19.1. The second kappa shape index (κ2) is 6.70. The van der Waals surface area contributed by atoms with Gasteiger partial charge in [0, 0.05) is 19.1 Å². The smallest absolute Gasteiger partial charge is 0.260 e. The van der Waals surface area contributed by atoms with Gasteiger partial charge in [-0.15, -0.1) is 0 Å². The van der Waals surface area contributed by atoms with Gasteiger partial charge in [-0.1, -0.05) is 6.07 Å². The normalized spacial score (nSPS) is 16.9. The highest BCUT2D eigenvalue weighted by atomic mass is 19.1. The molecule has 1 aliphatic rings. The third-order valence-corrected chi connectivity index (χ3v) is 3.54. The summed E-state index contributed by atoms with van der Waals surface area (Å²) in [5, 5.41) is 0. The minimum absolute atomic E-state index is 0.0830. The number of likely N-dealkylation sites (tertiary alicyclic amines) is 1. The Labute approximate surface area is 118 Å². The van der Waals surface area contributed by atoms with E-state index in [1.54, 1.807) is 17.9 Å². The molecule has 5 heteroatoms. The number of hydrogen-bond donors (Lipinski definition) is 1. The van der Waals surface area contributed by atoms with Gasteiger partial charge >= 0.3 is 0 Å². The molecule has 0 saturated carbocycles. The molecule has 0 aliphatic carbocycles. The van der Waals surface area contributed by atoms with Crippen LogP contribution in [0, 0.1) is 5.82 Å². The van der Waals surface area contributed by atoms with E-state index in [9.17, 15) is 9.18 Å². The first-order chi connectivity index (χ1) is 9.58. The molecule has 0 aromatic heterocycles. The molecular formula is C15H21FN2O2. The first-order valence-electron chi connectivity index (χ1n) is 7.03. The number of nitrogens with zero attached hydrogens (tertiary/aromatic N) is 1. The monoisotopic (exact) mass is 280 g/mol. The Morgan fingerprint density at radius 1 is 1.40 bits per heavy atom. The zero-order valence-corrected chi connectivity index (χ0v) is 11.8. The van der Waals surface area contributed by atoms with Crippen LogP contribution >= 0.6 is 0 Å². The average molecular weight is 280 g/mol. The zero-order chi connectivity index (χ0) is 14.5. The molecule has 0 bridgehead atoms. The van der Waals surface area contributed by atoms with Crippen molar-refractivity contribution in [2.45, 2.75) is 32.2 Å². The van der Waals surface area contributed by atoms with E-state index in [4.69, 9.17) is 10.5 Å². The summed E-state index contributed by atoms with van der Waals surface area (Å²) in [4.78, 5) is 13.7. The van der Waals surface area contributed by atoms with E-state index >= 15 is 0 Å². The van der Waals surface area contributed by atoms with Crippen molar-refractivity contribution in [2.75, 3.05) is 19.7 Å². The van der Waals surface area contributed by atoms with Crippen molar-refractivity contribution in [1.29, 1.82) is 0 Å². The third kappa shape index (κ3) is 3.70. The van der Waals surface area contributed by atoms with E-state index < -0.39 is 5.82 Å². The lowest BCUT2D eigenvalue weighted by atomic mass is 10.1. The van der Waals surface area contributed by atoms with E-state index in [1.165, 1.54) is 12.1 Å². The lowest BCUT2D eigenvalue weighted by Crippen LogP contribution is -2.38. The average Bonchev–Trinajstić information content (AvgIpc) is 2.46. The van der Waals surface area contributed by atoms with Crippen LogP contribution in [0.4, 0.5) is 4.39 Å². The molecule has 1 atom stereocenters. The number of halogens is 1. The first-order valence-corrected chi connectivity index (χ1v) is 7.03. The molecule has 0 unspecified atom stereocenters. The molecule has 1 aliphatic heterocycles. The Kier molecular flexibility index (Phi) is 4.95. The van der Waals surface area contributed by atoms with Crippen molar-refractivity contribution >= 4 is 5.91 Å². The summed E-state index contributed by atoms with van der Waals surface area (Å²) in [6.45, 7) is 3.21. The summed E-state index contributed by atoms with van der Waals surface area (Å²) in [6, 6.07) is 4.37. The number of rotatable bonds is 4. The van der Waals surface area contributed by atoms with Gasteiger partial charge in [-0.2, -0.15) is 0 Å². The predicted octanol–water partition coefficient (Wildman–Crippen LogP) is 2.24. The van der Waals surface area contributed by atoms with Gasteiger partial charge < -0.3 is 15.4 Å². The summed E-state index contributed by atoms with van der Waals surface area (Å²) >= 11 is 0. The second-order valence-electron chi connectivity index (χ2n) is 5.21. The maximum Gasteiger partial charge on any atom is 0.260 e. The fourth-order valence-electron chi connectivity index (χ4n) is 2.29. The number of hydrogen-bond acceptors (Lipinski definition) is 3. The van der Waals surface area contributed by atoms with Crippen LogP contribution in [0.2, 0.25) is 0 Å². The Morgan fingerprint density at radius 2 is 2.10 bits per heavy atom. The number of ether oxygens (including phenoxy) is 1. The van der Waals surface area contributed by atoms with Gasteiger partial charge in [0.05, 0.1) is 0 Å². The van der Waals surface area contributed by atoms with Gasteiger partial charge in [-0.05, 0) is 43.9 Å². The van der Waals surface area contributed by atoms with Gasteiger partial charge in [0.15, 0.2) is 18.2 Å². The van der Waals surface area contributed by atoms with Crippen molar-refractivity contribution in [3.8, 4) is 5.75 Å². The van der Waals surface area contributed by atoms with Crippen LogP contribution in [-0.2, 0) is 4.79 Å². The molecule has 1 aromatic rings. The van der Waals surface area contributed by atoms with Gasteiger partial charge in [-0.3, -0.25) is 4.79 Å². The van der Waals surface area contributed by atoms with Crippen molar-refractivity contribution in [2.24, 2.45) is 5.73 Å². The summed E-state index contributed by atoms with van der Waals surface area (Å²) in [5.74, 6) is -0.466. The number of carbonyl (C=O) groups is 1. The second-order valence-corrected chi connectivity index (χ2v) is 5.21. The van der Waals surface area contributed by atoms with E-state index in [1.807, 2.05) is 0 Å². The Hall–Kier alpha value is -1.62. The first kappa shape index (κ1) is 14.8. The van der Waals surface area contributed by atoms with Crippen LogP contribution in [0.1, 0.15) is 37.8 Å². The number of carbonyl (C=O) groups excluding carboxylic acids is 1. The van der Waals surface area contributed by atoms with Crippen molar-refractivity contribution in [3.63, 3.8) is 0 Å². The van der Waals surface area contributed by atoms with E-state index in [0.29, 0.717) is 5.56 Å². The number of nitrogens with two attached hydrogens (primary N) is 1. The summed E-state index contributed by atoms with van der Waals surface area (Å²) in [7, 11) is 0. The minimum Gasteiger partial charge on any atom is -0.481 e. The van der Waals surface area contributed by atoms with Crippen LogP contribution in [0.15, 0.2) is 18.2 Å². The summed E-state index contributed by atoms with van der Waals surface area (Å²) in [6.07, 6.45) is 3.23. The largest absolute Gasteiger partial charge is 0.481 e. The molecule has 4 nitrogen and oxygen atoms in total. The van der Waals surface area contributed by atoms with Crippen LogP contribution < -0.4 is 10.5 Å². The van der Waals surface area contributed by atoms with Crippen LogP contribution in [0.3, 0.4) is 0 Å². The molecule has 0 spiro atoms. The molecule has 2 N–H and O–H groups in total. The number of benzene rings is 1. The number of amides is 1. The van der Waals surface area contributed by atoms with Crippen LogP contribution in [0.25, 0.3) is 0 Å². The fourth-order valence-corrected chi connectivity index (χ4v) is 2.29.